The van der Waals surface area contributed by atoms with Gasteiger partial charge in [0.2, 0.25) is 5.95 Å². The third-order valence-electron chi connectivity index (χ3n) is 7.21. The lowest BCUT2D eigenvalue weighted by Crippen LogP contribution is -2.44. The molecule has 1 aliphatic carbocycles. The van der Waals surface area contributed by atoms with Gasteiger partial charge >= 0.3 is 12.3 Å². The predicted octanol–water partition coefficient (Wildman–Crippen LogP) is 4.05. The highest BCUT2D eigenvalue weighted by Gasteiger charge is 2.33. The van der Waals surface area contributed by atoms with E-state index in [1.54, 1.807) is 29.9 Å². The Hall–Kier alpha value is -3.91. The summed E-state index contributed by atoms with van der Waals surface area (Å²) in [5.41, 5.74) is 3.79. The monoisotopic (exact) mass is 589 g/mol. The Morgan fingerprint density at radius 1 is 1.10 bits per heavy atom. The Bertz CT molecular complexity index is 1420. The lowest BCUT2D eigenvalue weighted by atomic mass is 9.93. The van der Waals surface area contributed by atoms with Gasteiger partial charge < -0.3 is 29.3 Å². The fourth-order valence-electron chi connectivity index (χ4n) is 5.15. The molecule has 42 heavy (non-hydrogen) atoms. The first-order chi connectivity index (χ1) is 20.2. The lowest BCUT2D eigenvalue weighted by Gasteiger charge is -2.34. The van der Waals surface area contributed by atoms with Crippen LogP contribution in [-0.2, 0) is 28.9 Å². The van der Waals surface area contributed by atoms with Gasteiger partial charge in [0, 0.05) is 50.2 Å². The minimum atomic E-state index is -4.88. The first-order valence-electron chi connectivity index (χ1n) is 14.0. The molecule has 11 nitrogen and oxygen atoms in total. The quantitative estimate of drug-likeness (QED) is 0.275. The molecule has 2 aromatic heterocycles. The van der Waals surface area contributed by atoms with Crippen LogP contribution in [0.3, 0.4) is 0 Å². The highest BCUT2D eigenvalue weighted by atomic mass is 19.4. The average molecular weight is 590 g/mol. The Morgan fingerprint density at radius 3 is 2.60 bits per heavy atom. The Kier molecular flexibility index (Phi) is 8.82. The maximum atomic E-state index is 13.3. The molecule has 3 heterocycles. The number of benzene rings is 1. The highest BCUT2D eigenvalue weighted by Crippen LogP contribution is 2.38. The Balaban J connectivity index is 1.51. The van der Waals surface area contributed by atoms with Crippen LogP contribution in [0.1, 0.15) is 35.5 Å². The van der Waals surface area contributed by atoms with Gasteiger partial charge in [-0.15, -0.1) is 13.2 Å². The van der Waals surface area contributed by atoms with E-state index in [-0.39, 0.29) is 23.9 Å². The van der Waals surface area contributed by atoms with Gasteiger partial charge in [-0.25, -0.2) is 14.8 Å². The number of rotatable bonds is 10. The van der Waals surface area contributed by atoms with Crippen LogP contribution >= 0.6 is 0 Å². The number of hydrogen-bond acceptors (Lipinski definition) is 10. The number of anilines is 3. The van der Waals surface area contributed by atoms with Crippen molar-refractivity contribution >= 4 is 23.3 Å². The van der Waals surface area contributed by atoms with E-state index in [9.17, 15) is 18.0 Å². The fourth-order valence-corrected chi connectivity index (χ4v) is 5.15. The predicted molar refractivity (Wildman–Crippen MR) is 149 cm³/mol. The zero-order valence-corrected chi connectivity index (χ0v) is 23.8. The van der Waals surface area contributed by atoms with Crippen LogP contribution in [0.2, 0.25) is 0 Å². The number of esters is 1. The molecule has 1 fully saturated rings. The summed E-state index contributed by atoms with van der Waals surface area (Å²) in [4.78, 5) is 26.1. The molecule has 0 saturated carbocycles. The minimum absolute atomic E-state index is 0.0804. The van der Waals surface area contributed by atoms with Gasteiger partial charge in [0.15, 0.2) is 11.4 Å². The zero-order valence-electron chi connectivity index (χ0n) is 23.8. The molecule has 226 valence electrons. The first kappa shape index (κ1) is 29.6. The second kappa shape index (κ2) is 12.5. The third-order valence-corrected chi connectivity index (χ3v) is 7.21. The van der Waals surface area contributed by atoms with E-state index in [1.807, 2.05) is 14.0 Å². The van der Waals surface area contributed by atoms with Crippen molar-refractivity contribution in [2.24, 2.45) is 0 Å². The molecule has 1 saturated heterocycles. The van der Waals surface area contributed by atoms with Crippen molar-refractivity contribution < 1.29 is 32.2 Å². The number of carbonyl (C=O) groups excluding carboxylic acids is 1. The van der Waals surface area contributed by atoms with Crippen molar-refractivity contribution in [1.82, 2.24) is 24.6 Å². The molecule has 0 spiro atoms. The molecule has 1 aliphatic heterocycles. The van der Waals surface area contributed by atoms with Gasteiger partial charge in [0.25, 0.3) is 0 Å². The van der Waals surface area contributed by atoms with Crippen molar-refractivity contribution in [2.75, 3.05) is 63.3 Å². The Morgan fingerprint density at radius 2 is 1.88 bits per heavy atom. The molecule has 1 N–H and O–H groups in total. The topological polar surface area (TPSA) is 107 Å². The largest absolute Gasteiger partial charge is 0.573 e. The number of aryl methyl sites for hydroxylation is 1. The number of carbonyl (C=O) groups is 1. The molecular formula is C28H34F3N7O4. The molecular weight excluding hydrogens is 555 g/mol. The molecule has 5 rings (SSSR count). The van der Waals surface area contributed by atoms with E-state index < -0.39 is 18.1 Å². The van der Waals surface area contributed by atoms with Crippen molar-refractivity contribution in [3.05, 3.63) is 41.2 Å². The molecule has 0 atom stereocenters. The van der Waals surface area contributed by atoms with Crippen LogP contribution in [0.15, 0.2) is 24.4 Å². The van der Waals surface area contributed by atoms with Crippen LogP contribution < -0.4 is 15.0 Å². The van der Waals surface area contributed by atoms with E-state index >= 15 is 0 Å². The molecule has 14 heteroatoms. The number of aromatic nitrogens is 4. The molecule has 1 aromatic carbocycles. The fraction of sp³-hybridized carbons (Fsp3) is 0.500. The van der Waals surface area contributed by atoms with Crippen LogP contribution in [0.5, 0.6) is 5.75 Å². The van der Waals surface area contributed by atoms with Crippen molar-refractivity contribution in [3.8, 4) is 17.1 Å². The van der Waals surface area contributed by atoms with Gasteiger partial charge in [-0.2, -0.15) is 5.10 Å². The summed E-state index contributed by atoms with van der Waals surface area (Å²) < 4.78 is 56.6. The zero-order chi connectivity index (χ0) is 29.9. The van der Waals surface area contributed by atoms with E-state index in [1.165, 1.54) is 6.07 Å². The molecule has 0 unspecified atom stereocenters. The summed E-state index contributed by atoms with van der Waals surface area (Å²) in [5.74, 6) is -0.831. The summed E-state index contributed by atoms with van der Waals surface area (Å²) in [7, 11) is 2.03. The number of nitrogens with one attached hydrogen (secondary N) is 1. The number of likely N-dealkylation sites (N-methyl/N-ethyl adjacent to an activating group) is 1. The van der Waals surface area contributed by atoms with Gasteiger partial charge in [-0.05, 0) is 57.5 Å². The number of fused-ring (bicyclic) bond motifs is 3. The highest BCUT2D eigenvalue weighted by molar-refractivity contribution is 5.91. The normalized spacial score (nSPS) is 15.2. The molecule has 0 radical (unpaired) electrons. The third kappa shape index (κ3) is 6.59. The number of nitrogens with zero attached hydrogens (tertiary/aromatic N) is 6. The van der Waals surface area contributed by atoms with Gasteiger partial charge in [-0.1, -0.05) is 0 Å². The number of piperazine rings is 1. The summed E-state index contributed by atoms with van der Waals surface area (Å²) in [5, 5.41) is 7.50. The smallest absolute Gasteiger partial charge is 0.461 e. The molecule has 2 aliphatic rings. The summed E-state index contributed by atoms with van der Waals surface area (Å²) in [6, 6.07) is 4.53. The van der Waals surface area contributed by atoms with E-state index in [2.05, 4.69) is 29.9 Å². The van der Waals surface area contributed by atoms with Gasteiger partial charge in [-0.3, -0.25) is 4.68 Å². The summed E-state index contributed by atoms with van der Waals surface area (Å²) in [6.45, 7) is 8.25. The maximum Gasteiger partial charge on any atom is 0.573 e. The van der Waals surface area contributed by atoms with Gasteiger partial charge in [0.05, 0.1) is 36.8 Å². The van der Waals surface area contributed by atoms with E-state index in [0.29, 0.717) is 49.6 Å². The van der Waals surface area contributed by atoms with E-state index in [0.717, 1.165) is 37.4 Å². The number of alkyl halides is 3. The maximum absolute atomic E-state index is 13.3. The number of hydrogen-bond donors (Lipinski definition) is 1. The van der Waals surface area contributed by atoms with Crippen molar-refractivity contribution in [1.29, 1.82) is 0 Å². The van der Waals surface area contributed by atoms with Crippen LogP contribution in [0, 0.1) is 0 Å². The van der Waals surface area contributed by atoms with Crippen LogP contribution in [-0.4, -0.2) is 90.0 Å². The van der Waals surface area contributed by atoms with Gasteiger partial charge in [0.1, 0.15) is 0 Å². The first-order valence-corrected chi connectivity index (χ1v) is 14.0. The second-order valence-corrected chi connectivity index (χ2v) is 10.0. The van der Waals surface area contributed by atoms with Crippen LogP contribution in [0.4, 0.5) is 30.5 Å². The number of halogens is 3. The standard InChI is InChI=1S/C28H34F3N7O4/c1-4-40-15-14-38-25-20(24(35-38)26(39)41-5-2)8-6-18-17-32-27(34-23(18)25)33-21-16-19(37-12-10-36(3)11-13-37)7-9-22(21)42-28(29,30)31/h7,9,16-17H,4-6,8,10-15H2,1-3H3,(H,32,33,34). The molecule has 0 bridgehead atoms. The summed E-state index contributed by atoms with van der Waals surface area (Å²) in [6.07, 6.45) is -2.13. The van der Waals surface area contributed by atoms with Crippen LogP contribution in [0.25, 0.3) is 11.4 Å². The second-order valence-electron chi connectivity index (χ2n) is 10.0. The average Bonchev–Trinajstić information content (AvgIpc) is 3.33. The van der Waals surface area contributed by atoms with E-state index in [4.69, 9.17) is 14.5 Å². The molecule has 0 amide bonds. The molecule has 3 aromatic rings. The summed E-state index contributed by atoms with van der Waals surface area (Å²) >= 11 is 0. The Labute approximate surface area is 241 Å². The minimum Gasteiger partial charge on any atom is -0.461 e. The van der Waals surface area contributed by atoms with Crippen molar-refractivity contribution in [2.45, 2.75) is 39.6 Å². The lowest BCUT2D eigenvalue weighted by molar-refractivity contribution is -0.274. The number of ether oxygens (including phenoxy) is 3. The van der Waals surface area contributed by atoms with Crippen molar-refractivity contribution in [3.63, 3.8) is 0 Å². The SMILES string of the molecule is CCOCCn1nc(C(=O)OCC)c2c1-c1nc(Nc3cc(N4CCN(C)CC4)ccc3OC(F)(F)F)ncc1CC2.